The number of hydrogen-bond donors (Lipinski definition) is 2. The van der Waals surface area contributed by atoms with Gasteiger partial charge in [0.25, 0.3) is 5.91 Å². The van der Waals surface area contributed by atoms with Gasteiger partial charge < -0.3 is 20.1 Å². The molecule has 11 nitrogen and oxygen atoms in total. The van der Waals surface area contributed by atoms with Crippen LogP contribution in [0.3, 0.4) is 0 Å². The van der Waals surface area contributed by atoms with E-state index in [4.69, 9.17) is 4.74 Å². The molecule has 1 aromatic heterocycles. The highest BCUT2D eigenvalue weighted by atomic mass is 32.1. The molecule has 286 valence electrons. The zero-order valence-electron chi connectivity index (χ0n) is 31.9. The predicted molar refractivity (Wildman–Crippen MR) is 201 cm³/mol. The Hall–Kier alpha value is -3.64. The topological polar surface area (TPSA) is 146 Å². The first-order valence-electron chi connectivity index (χ1n) is 18.8. The average molecular weight is 739 g/mol. The minimum atomic E-state index is -0.936. The molecule has 1 aliphatic carbocycles. The molecule has 0 spiro atoms. The Morgan fingerprint density at radius 1 is 1.06 bits per heavy atom. The average Bonchev–Trinajstić information content (AvgIpc) is 3.77. The van der Waals surface area contributed by atoms with Gasteiger partial charge in [0.1, 0.15) is 10.7 Å². The lowest BCUT2D eigenvalue weighted by molar-refractivity contribution is -0.149. The van der Waals surface area contributed by atoms with Gasteiger partial charge in [0.2, 0.25) is 5.91 Å². The molecule has 52 heavy (non-hydrogen) atoms. The van der Waals surface area contributed by atoms with Gasteiger partial charge >= 0.3 is 11.9 Å². The van der Waals surface area contributed by atoms with Gasteiger partial charge in [-0.3, -0.25) is 28.9 Å². The maximum atomic E-state index is 14.2. The molecule has 6 atom stereocenters. The lowest BCUT2D eigenvalue weighted by Crippen LogP contribution is -2.47. The number of carbonyl (C=O) groups excluding carboxylic acids is 4. The second kappa shape index (κ2) is 18.9. The van der Waals surface area contributed by atoms with E-state index in [0.717, 1.165) is 49.8 Å². The van der Waals surface area contributed by atoms with Gasteiger partial charge in [0.05, 0.1) is 12.0 Å². The van der Waals surface area contributed by atoms with E-state index in [2.05, 4.69) is 15.2 Å². The van der Waals surface area contributed by atoms with Crippen LogP contribution >= 0.6 is 11.3 Å². The summed E-state index contributed by atoms with van der Waals surface area (Å²) in [6.07, 6.45) is 6.19. The van der Waals surface area contributed by atoms with Crippen molar-refractivity contribution in [3.63, 3.8) is 0 Å². The van der Waals surface area contributed by atoms with Crippen molar-refractivity contribution < 1.29 is 33.8 Å². The van der Waals surface area contributed by atoms with Gasteiger partial charge in [-0.1, -0.05) is 69.9 Å². The molecule has 2 aromatic rings. The number of carboxylic acid groups (broad SMARTS) is 1. The third-order valence-corrected chi connectivity index (χ3v) is 11.6. The minimum Gasteiger partial charge on any atom is -0.481 e. The third kappa shape index (κ3) is 11.9. The number of aryl methyl sites for hydroxylation is 1. The van der Waals surface area contributed by atoms with Crippen molar-refractivity contribution in [2.24, 2.45) is 23.7 Å². The Kier molecular flexibility index (Phi) is 15.0. The van der Waals surface area contributed by atoms with Crippen molar-refractivity contribution in [1.29, 1.82) is 0 Å². The van der Waals surface area contributed by atoms with Crippen LogP contribution in [0.2, 0.25) is 0 Å². The monoisotopic (exact) mass is 738 g/mol. The molecule has 4 rings (SSSR count). The number of thiazole rings is 1. The summed E-state index contributed by atoms with van der Waals surface area (Å²) in [5, 5.41) is 14.6. The predicted octanol–water partition coefficient (Wildman–Crippen LogP) is 6.24. The molecule has 1 aromatic carbocycles. The van der Waals surface area contributed by atoms with Crippen molar-refractivity contribution in [3.05, 3.63) is 51.5 Å². The van der Waals surface area contributed by atoms with Crippen LogP contribution in [-0.2, 0) is 30.3 Å². The maximum Gasteiger partial charge on any atom is 0.306 e. The van der Waals surface area contributed by atoms with E-state index in [1.807, 2.05) is 52.1 Å². The zero-order valence-corrected chi connectivity index (χ0v) is 32.7. The number of amides is 2. The summed E-state index contributed by atoms with van der Waals surface area (Å²) >= 11 is 1.20. The molecule has 2 fully saturated rings. The number of likely N-dealkylation sites (N-methyl/N-ethyl adjacent to an activating group) is 1. The van der Waals surface area contributed by atoms with Gasteiger partial charge in [0.15, 0.2) is 11.9 Å². The van der Waals surface area contributed by atoms with Crippen molar-refractivity contribution in [3.8, 4) is 0 Å². The Balaban J connectivity index is 1.49. The smallest absolute Gasteiger partial charge is 0.306 e. The fraction of sp³-hybridized carbons (Fsp3) is 0.650. The van der Waals surface area contributed by atoms with E-state index >= 15 is 0 Å². The number of likely N-dealkylation sites (tertiary alicyclic amines) is 1. The second-order valence-electron chi connectivity index (χ2n) is 15.5. The highest BCUT2D eigenvalue weighted by Crippen LogP contribution is 2.38. The Labute approximate surface area is 312 Å². The van der Waals surface area contributed by atoms with Crippen LogP contribution in [0.15, 0.2) is 29.6 Å². The first kappa shape index (κ1) is 41.1. The van der Waals surface area contributed by atoms with Crippen molar-refractivity contribution in [2.75, 3.05) is 20.6 Å². The molecule has 1 saturated carbocycles. The summed E-state index contributed by atoms with van der Waals surface area (Å²) < 4.78 is 5.79. The quantitative estimate of drug-likeness (QED) is 0.160. The molecule has 1 aliphatic heterocycles. The van der Waals surface area contributed by atoms with E-state index in [0.29, 0.717) is 23.8 Å². The number of piperidine rings is 1. The number of carbonyl (C=O) groups is 5. The standard InChI is InChI=1S/C40H58N4O7S/c1-24(2)34(44(7)39(48)30(19-28-15-16-28)21-35(46)33-10-8-9-17-43(33)6)22-36(51-27(5)45)38-42-32(23-52-38)37(47)41-31(18-26(4)40(49)50)20-29-13-11-25(3)12-14-29/h11-14,23-24,26,28,30-31,33-34,36H,8-10,15-22H2,1-7H3,(H,41,47)(H,49,50)/t26-,30+,31+,33+,34+,36+/m0/s1. The highest BCUT2D eigenvalue weighted by molar-refractivity contribution is 7.09. The number of Topliss-reactive ketones (excluding diaryl/α,β-unsaturated/α-hetero) is 1. The molecule has 2 amide bonds. The SMILES string of the molecule is CC(=O)O[C@H](C[C@H](C(C)C)N(C)C(=O)[C@@H](CC(=O)[C@H]1CCCCN1C)CC1CC1)c1nc(C(=O)N[C@@H](Cc2ccc(C)cc2)C[C@H](C)C(=O)O)cs1. The van der Waals surface area contributed by atoms with Crippen LogP contribution in [0.5, 0.6) is 0 Å². The van der Waals surface area contributed by atoms with Crippen LogP contribution in [0.1, 0.15) is 118 Å². The number of esters is 1. The molecule has 12 heteroatoms. The van der Waals surface area contributed by atoms with Gasteiger partial charge in [-0.05, 0) is 70.0 Å². The number of ether oxygens (including phenoxy) is 1. The molecule has 2 N–H and O–H groups in total. The number of nitrogens with one attached hydrogen (secondary N) is 1. The number of ketones is 1. The van der Waals surface area contributed by atoms with Crippen LogP contribution < -0.4 is 5.32 Å². The highest BCUT2D eigenvalue weighted by Gasteiger charge is 2.38. The molecule has 2 aliphatic rings. The van der Waals surface area contributed by atoms with Gasteiger partial charge in [0, 0.05) is 50.2 Å². The Morgan fingerprint density at radius 2 is 1.75 bits per heavy atom. The molecule has 2 heterocycles. The molecule has 0 radical (unpaired) electrons. The van der Waals surface area contributed by atoms with Crippen LogP contribution in [0.4, 0.5) is 0 Å². The summed E-state index contributed by atoms with van der Waals surface area (Å²) in [7, 11) is 3.77. The summed E-state index contributed by atoms with van der Waals surface area (Å²) in [6, 6.07) is 6.98. The van der Waals surface area contributed by atoms with Gasteiger partial charge in [-0.15, -0.1) is 11.3 Å². The molecule has 0 bridgehead atoms. The summed E-state index contributed by atoms with van der Waals surface area (Å²) in [5.74, 6) is -2.41. The fourth-order valence-electron chi connectivity index (χ4n) is 7.36. The van der Waals surface area contributed by atoms with Crippen molar-refractivity contribution in [1.82, 2.24) is 20.1 Å². The minimum absolute atomic E-state index is 0.00440. The summed E-state index contributed by atoms with van der Waals surface area (Å²) in [6.45, 7) is 9.86. The zero-order chi connectivity index (χ0) is 38.1. The van der Waals surface area contributed by atoms with Gasteiger partial charge in [-0.25, -0.2) is 4.98 Å². The van der Waals surface area contributed by atoms with E-state index in [-0.39, 0.29) is 54.6 Å². The molecule has 1 saturated heterocycles. The summed E-state index contributed by atoms with van der Waals surface area (Å²) in [5.41, 5.74) is 2.23. The number of aliphatic carboxylic acids is 1. The van der Waals surface area contributed by atoms with Crippen LogP contribution in [0.25, 0.3) is 0 Å². The normalized spacial score (nSPS) is 19.3. The first-order chi connectivity index (χ1) is 24.6. The van der Waals surface area contributed by atoms with Crippen LogP contribution in [-0.4, -0.2) is 88.2 Å². The van der Waals surface area contributed by atoms with Crippen LogP contribution in [0, 0.1) is 30.6 Å². The van der Waals surface area contributed by atoms with E-state index in [1.165, 1.54) is 18.3 Å². The number of benzene rings is 1. The van der Waals surface area contributed by atoms with E-state index < -0.39 is 41.8 Å². The van der Waals surface area contributed by atoms with Gasteiger partial charge in [-0.2, -0.15) is 0 Å². The number of rotatable bonds is 19. The summed E-state index contributed by atoms with van der Waals surface area (Å²) in [4.78, 5) is 73.8. The number of hydrogen-bond acceptors (Lipinski definition) is 9. The molecular weight excluding hydrogens is 681 g/mol. The lowest BCUT2D eigenvalue weighted by Gasteiger charge is -2.36. The molecular formula is C40H58N4O7S. The second-order valence-corrected chi connectivity index (χ2v) is 16.4. The van der Waals surface area contributed by atoms with Crippen molar-refractivity contribution >= 4 is 40.9 Å². The fourth-order valence-corrected chi connectivity index (χ4v) is 8.20. The number of aromatic nitrogens is 1. The van der Waals surface area contributed by atoms with E-state index in [9.17, 15) is 29.1 Å². The largest absolute Gasteiger partial charge is 0.481 e. The lowest BCUT2D eigenvalue weighted by atomic mass is 9.88. The third-order valence-electron chi connectivity index (χ3n) is 10.7. The van der Waals surface area contributed by atoms with E-state index in [1.54, 1.807) is 24.3 Å². The Morgan fingerprint density at radius 3 is 2.35 bits per heavy atom. The van der Waals surface area contributed by atoms with Crippen molar-refractivity contribution in [2.45, 2.75) is 123 Å². The maximum absolute atomic E-state index is 14.2. The number of carboxylic acids is 1. The number of nitrogens with zero attached hydrogens (tertiary/aromatic N) is 3. The first-order valence-corrected chi connectivity index (χ1v) is 19.7. The Bertz CT molecular complexity index is 1540. The molecule has 0 unspecified atom stereocenters.